The summed E-state index contributed by atoms with van der Waals surface area (Å²) in [6.07, 6.45) is 0. The molecule has 1 aliphatic rings. The first kappa shape index (κ1) is 11.3. The van der Waals surface area contributed by atoms with Crippen LogP contribution < -0.4 is 0 Å². The first-order valence-electron chi connectivity index (χ1n) is 4.04. The molecule has 0 bridgehead atoms. The third-order valence-electron chi connectivity index (χ3n) is 2.24. The first-order valence-corrected chi connectivity index (χ1v) is 5.55. The SMILES string of the molecule is O=C1C(=C(Cl)Cl)C(Cl)(Cl)c2ccccc21. The van der Waals surface area contributed by atoms with Crippen LogP contribution in [0.1, 0.15) is 15.9 Å². The van der Waals surface area contributed by atoms with Crippen molar-refractivity contribution in [3.8, 4) is 0 Å². The Kier molecular flexibility index (Phi) is 2.76. The predicted molar refractivity (Wildman–Crippen MR) is 62.9 cm³/mol. The van der Waals surface area contributed by atoms with E-state index in [-0.39, 0.29) is 15.8 Å². The number of rotatable bonds is 0. The summed E-state index contributed by atoms with van der Waals surface area (Å²) in [5, 5.41) is 0. The second kappa shape index (κ2) is 3.67. The number of alkyl halides is 2. The molecule has 78 valence electrons. The maximum Gasteiger partial charge on any atom is 0.195 e. The fraction of sp³-hybridized carbons (Fsp3) is 0.100. The highest BCUT2D eigenvalue weighted by atomic mass is 35.5. The average Bonchev–Trinajstić information content (AvgIpc) is 2.36. The predicted octanol–water partition coefficient (Wildman–Crippen LogP) is 4.20. The number of carbonyl (C=O) groups excluding carboxylic acids is 1. The van der Waals surface area contributed by atoms with Gasteiger partial charge in [-0.2, -0.15) is 0 Å². The van der Waals surface area contributed by atoms with Gasteiger partial charge in [0.1, 0.15) is 4.49 Å². The van der Waals surface area contributed by atoms with Crippen LogP contribution in [0.3, 0.4) is 0 Å². The summed E-state index contributed by atoms with van der Waals surface area (Å²) in [5.74, 6) is -0.324. The zero-order valence-corrected chi connectivity index (χ0v) is 10.3. The minimum atomic E-state index is -1.45. The van der Waals surface area contributed by atoms with Gasteiger partial charge in [-0.05, 0) is 0 Å². The van der Waals surface area contributed by atoms with Crippen molar-refractivity contribution in [2.24, 2.45) is 0 Å². The van der Waals surface area contributed by atoms with Crippen molar-refractivity contribution in [3.05, 3.63) is 45.5 Å². The molecule has 15 heavy (non-hydrogen) atoms. The molecule has 0 N–H and O–H groups in total. The van der Waals surface area contributed by atoms with Crippen LogP contribution in [0.2, 0.25) is 0 Å². The molecule has 0 heterocycles. The zero-order chi connectivity index (χ0) is 11.2. The molecule has 5 heteroatoms. The van der Waals surface area contributed by atoms with E-state index >= 15 is 0 Å². The van der Waals surface area contributed by atoms with Gasteiger partial charge in [-0.15, -0.1) is 0 Å². The van der Waals surface area contributed by atoms with Crippen LogP contribution in [0.15, 0.2) is 34.3 Å². The third-order valence-corrected chi connectivity index (χ3v) is 3.40. The van der Waals surface area contributed by atoms with Crippen molar-refractivity contribution >= 4 is 52.2 Å². The largest absolute Gasteiger partial charge is 0.289 e. The van der Waals surface area contributed by atoms with Crippen molar-refractivity contribution in [2.75, 3.05) is 0 Å². The maximum absolute atomic E-state index is 11.9. The highest BCUT2D eigenvalue weighted by molar-refractivity contribution is 6.62. The highest BCUT2D eigenvalue weighted by Crippen LogP contribution is 2.51. The lowest BCUT2D eigenvalue weighted by molar-refractivity contribution is 0.103. The molecule has 0 atom stereocenters. The summed E-state index contributed by atoms with van der Waals surface area (Å²) < 4.78 is -1.65. The number of carbonyl (C=O) groups is 1. The first-order chi connectivity index (χ1) is 6.96. The Labute approximate surface area is 107 Å². The van der Waals surface area contributed by atoms with E-state index in [1.54, 1.807) is 24.3 Å². The fourth-order valence-electron chi connectivity index (χ4n) is 1.57. The second-order valence-electron chi connectivity index (χ2n) is 3.08. The Morgan fingerprint density at radius 1 is 1.13 bits per heavy atom. The Bertz CT molecular complexity index is 472. The molecule has 1 nitrogen and oxygen atoms in total. The molecular weight excluding hydrogens is 278 g/mol. The summed E-state index contributed by atoms with van der Waals surface area (Å²) >= 11 is 23.4. The van der Waals surface area contributed by atoms with Crippen molar-refractivity contribution in [3.63, 3.8) is 0 Å². The summed E-state index contributed by atoms with van der Waals surface area (Å²) in [6, 6.07) is 6.79. The Morgan fingerprint density at radius 2 is 1.73 bits per heavy atom. The van der Waals surface area contributed by atoms with Crippen molar-refractivity contribution in [1.82, 2.24) is 0 Å². The summed E-state index contributed by atoms with van der Waals surface area (Å²) in [7, 11) is 0. The Balaban J connectivity index is 2.77. The van der Waals surface area contributed by atoms with Gasteiger partial charge < -0.3 is 0 Å². The van der Waals surface area contributed by atoms with Gasteiger partial charge in [0.15, 0.2) is 10.1 Å². The smallest absolute Gasteiger partial charge is 0.195 e. The molecule has 0 radical (unpaired) electrons. The number of Topliss-reactive ketones (excluding diaryl/α,β-unsaturated/α-hetero) is 1. The minimum Gasteiger partial charge on any atom is -0.289 e. The van der Waals surface area contributed by atoms with Crippen LogP contribution >= 0.6 is 46.4 Å². The third kappa shape index (κ3) is 1.58. The van der Waals surface area contributed by atoms with Crippen molar-refractivity contribution < 1.29 is 4.79 Å². The number of hydrogen-bond acceptors (Lipinski definition) is 1. The minimum absolute atomic E-state index is 0.0235. The van der Waals surface area contributed by atoms with Gasteiger partial charge in [0.25, 0.3) is 0 Å². The van der Waals surface area contributed by atoms with Crippen molar-refractivity contribution in [2.45, 2.75) is 4.33 Å². The summed E-state index contributed by atoms with van der Waals surface area (Å²) in [5.41, 5.74) is 0.985. The van der Waals surface area contributed by atoms with Crippen LogP contribution in [-0.4, -0.2) is 5.78 Å². The molecule has 0 amide bonds. The molecular formula is C10H4Cl4O. The standard InChI is InChI=1S/C10H4Cl4O/c11-9(12)7-8(15)5-3-1-2-4-6(5)10(7,13)14/h1-4H. The number of allylic oxidation sites excluding steroid dienone is 1. The maximum atomic E-state index is 11.9. The molecule has 2 rings (SSSR count). The van der Waals surface area contributed by atoms with Crippen LogP contribution in [0.5, 0.6) is 0 Å². The Morgan fingerprint density at radius 3 is 2.27 bits per heavy atom. The highest BCUT2D eigenvalue weighted by Gasteiger charge is 2.46. The molecule has 0 aromatic heterocycles. The van der Waals surface area contributed by atoms with Gasteiger partial charge in [0.05, 0.1) is 5.57 Å². The van der Waals surface area contributed by atoms with Gasteiger partial charge in [-0.3, -0.25) is 4.79 Å². The molecule has 0 fully saturated rings. The normalized spacial score (nSPS) is 17.9. The molecule has 0 saturated carbocycles. The molecule has 0 aliphatic heterocycles. The van der Waals surface area contributed by atoms with Gasteiger partial charge in [0.2, 0.25) is 0 Å². The van der Waals surface area contributed by atoms with Gasteiger partial charge in [-0.25, -0.2) is 0 Å². The number of ketones is 1. The number of fused-ring (bicyclic) bond motifs is 1. The van der Waals surface area contributed by atoms with Crippen LogP contribution in [-0.2, 0) is 4.33 Å². The molecule has 0 spiro atoms. The molecule has 1 aliphatic carbocycles. The molecule has 1 aromatic rings. The molecule has 1 aromatic carbocycles. The molecule has 0 saturated heterocycles. The number of halogens is 4. The lowest BCUT2D eigenvalue weighted by Crippen LogP contribution is -2.10. The molecule has 0 unspecified atom stereocenters. The summed E-state index contributed by atoms with van der Waals surface area (Å²) in [6.45, 7) is 0. The zero-order valence-electron chi connectivity index (χ0n) is 7.23. The van der Waals surface area contributed by atoms with Gasteiger partial charge in [0, 0.05) is 11.1 Å². The van der Waals surface area contributed by atoms with E-state index in [0.29, 0.717) is 11.1 Å². The van der Waals surface area contributed by atoms with E-state index in [9.17, 15) is 4.79 Å². The van der Waals surface area contributed by atoms with Crippen LogP contribution in [0, 0.1) is 0 Å². The summed E-state index contributed by atoms with van der Waals surface area (Å²) in [4.78, 5) is 11.9. The topological polar surface area (TPSA) is 17.1 Å². The quantitative estimate of drug-likeness (QED) is 0.514. The van der Waals surface area contributed by atoms with E-state index in [0.717, 1.165) is 0 Å². The van der Waals surface area contributed by atoms with E-state index < -0.39 is 4.33 Å². The number of benzene rings is 1. The average molecular weight is 282 g/mol. The van der Waals surface area contributed by atoms with E-state index in [1.807, 2.05) is 0 Å². The van der Waals surface area contributed by atoms with Crippen LogP contribution in [0.4, 0.5) is 0 Å². The van der Waals surface area contributed by atoms with Crippen LogP contribution in [0.25, 0.3) is 0 Å². The number of hydrogen-bond donors (Lipinski definition) is 0. The van der Waals surface area contributed by atoms with E-state index in [2.05, 4.69) is 0 Å². The van der Waals surface area contributed by atoms with E-state index in [4.69, 9.17) is 46.4 Å². The van der Waals surface area contributed by atoms with Gasteiger partial charge >= 0.3 is 0 Å². The van der Waals surface area contributed by atoms with E-state index in [1.165, 1.54) is 0 Å². The van der Waals surface area contributed by atoms with Gasteiger partial charge in [-0.1, -0.05) is 70.7 Å². The Hall–Kier alpha value is -0.210. The monoisotopic (exact) mass is 280 g/mol. The lowest BCUT2D eigenvalue weighted by Gasteiger charge is -2.14. The lowest BCUT2D eigenvalue weighted by atomic mass is 10.1. The van der Waals surface area contributed by atoms with Crippen molar-refractivity contribution in [1.29, 1.82) is 0 Å². The second-order valence-corrected chi connectivity index (χ2v) is 5.36. The fourth-order valence-corrected chi connectivity index (χ4v) is 2.91.